The van der Waals surface area contributed by atoms with Gasteiger partial charge in [0.15, 0.2) is 0 Å². The average Bonchev–Trinajstić information content (AvgIpc) is 3.20. The number of amides is 1. The minimum atomic E-state index is -0.254. The van der Waals surface area contributed by atoms with Crippen LogP contribution >= 0.6 is 11.6 Å². The first-order valence-corrected chi connectivity index (χ1v) is 8.38. The van der Waals surface area contributed by atoms with Crippen LogP contribution in [-0.4, -0.2) is 36.0 Å². The number of carbonyl (C=O) groups is 1. The highest BCUT2D eigenvalue weighted by Gasteiger charge is 2.55. The van der Waals surface area contributed by atoms with Crippen LogP contribution in [0.3, 0.4) is 0 Å². The minimum Gasteiger partial charge on any atom is -0.335 e. The van der Waals surface area contributed by atoms with E-state index in [0.717, 1.165) is 49.4 Å². The summed E-state index contributed by atoms with van der Waals surface area (Å²) in [5.74, 6) is 0.362. The lowest BCUT2D eigenvalue weighted by Crippen LogP contribution is -2.47. The lowest BCUT2D eigenvalue weighted by Gasteiger charge is -2.32. The van der Waals surface area contributed by atoms with E-state index in [9.17, 15) is 4.79 Å². The van der Waals surface area contributed by atoms with Crippen LogP contribution in [-0.2, 0) is 10.2 Å². The number of carbonyl (C=O) groups excluding carboxylic acids is 1. The third-order valence-corrected chi connectivity index (χ3v) is 5.70. The van der Waals surface area contributed by atoms with Crippen LogP contribution in [0.4, 0.5) is 0 Å². The third kappa shape index (κ3) is 2.18. The smallest absolute Gasteiger partial charge is 0.233 e. The zero-order valence-corrected chi connectivity index (χ0v) is 12.9. The van der Waals surface area contributed by atoms with Gasteiger partial charge in [0, 0.05) is 23.7 Å². The number of rotatable bonds is 2. The maximum atomic E-state index is 13.2. The highest BCUT2D eigenvalue weighted by molar-refractivity contribution is 6.30. The van der Waals surface area contributed by atoms with Crippen molar-refractivity contribution in [3.63, 3.8) is 0 Å². The normalized spacial score (nSPS) is 30.0. The van der Waals surface area contributed by atoms with Gasteiger partial charge in [-0.1, -0.05) is 23.7 Å². The second-order valence-corrected chi connectivity index (χ2v) is 7.12. The number of nitrogens with one attached hydrogen (secondary N) is 1. The van der Waals surface area contributed by atoms with Crippen molar-refractivity contribution in [2.45, 2.75) is 49.6 Å². The van der Waals surface area contributed by atoms with E-state index in [4.69, 9.17) is 11.6 Å². The molecule has 4 rings (SSSR count). The maximum absolute atomic E-state index is 13.2. The molecule has 2 saturated heterocycles. The Kier molecular flexibility index (Phi) is 3.23. The van der Waals surface area contributed by atoms with Gasteiger partial charge in [-0.05, 0) is 56.3 Å². The Morgan fingerprint density at radius 3 is 2.57 bits per heavy atom. The van der Waals surface area contributed by atoms with E-state index in [1.165, 1.54) is 6.42 Å². The van der Waals surface area contributed by atoms with Crippen molar-refractivity contribution in [2.24, 2.45) is 0 Å². The monoisotopic (exact) mass is 304 g/mol. The minimum absolute atomic E-state index is 0.254. The largest absolute Gasteiger partial charge is 0.335 e. The highest BCUT2D eigenvalue weighted by atomic mass is 35.5. The molecule has 0 aromatic heterocycles. The molecule has 3 fully saturated rings. The van der Waals surface area contributed by atoms with Gasteiger partial charge in [0.2, 0.25) is 5.91 Å². The first kappa shape index (κ1) is 13.6. The summed E-state index contributed by atoms with van der Waals surface area (Å²) in [4.78, 5) is 15.5. The van der Waals surface area contributed by atoms with Gasteiger partial charge in [-0.3, -0.25) is 4.79 Å². The average molecular weight is 305 g/mol. The molecule has 2 bridgehead atoms. The molecule has 3 nitrogen and oxygen atoms in total. The Bertz CT molecular complexity index is 538. The van der Waals surface area contributed by atoms with E-state index in [1.54, 1.807) is 0 Å². The fourth-order valence-electron chi connectivity index (χ4n) is 4.08. The predicted molar refractivity (Wildman–Crippen MR) is 83.5 cm³/mol. The Hall–Kier alpha value is -1.06. The summed E-state index contributed by atoms with van der Waals surface area (Å²) >= 11 is 5.98. The first-order valence-electron chi connectivity index (χ1n) is 8.00. The number of hydrogen-bond acceptors (Lipinski definition) is 2. The molecule has 1 aromatic carbocycles. The van der Waals surface area contributed by atoms with E-state index in [0.29, 0.717) is 18.0 Å². The summed E-state index contributed by atoms with van der Waals surface area (Å²) < 4.78 is 0. The van der Waals surface area contributed by atoms with Gasteiger partial charge in [-0.2, -0.15) is 0 Å². The molecule has 1 aliphatic carbocycles. The van der Waals surface area contributed by atoms with Crippen LogP contribution in [0.5, 0.6) is 0 Å². The van der Waals surface area contributed by atoms with Gasteiger partial charge >= 0.3 is 0 Å². The molecule has 3 aliphatic rings. The van der Waals surface area contributed by atoms with Crippen molar-refractivity contribution in [3.8, 4) is 0 Å². The van der Waals surface area contributed by atoms with Crippen LogP contribution in [0.25, 0.3) is 0 Å². The van der Waals surface area contributed by atoms with Gasteiger partial charge in [-0.25, -0.2) is 0 Å². The molecular weight excluding hydrogens is 284 g/mol. The fraction of sp³-hybridized carbons (Fsp3) is 0.588. The molecule has 112 valence electrons. The molecule has 2 heterocycles. The van der Waals surface area contributed by atoms with Crippen molar-refractivity contribution < 1.29 is 4.79 Å². The molecule has 0 radical (unpaired) electrons. The van der Waals surface area contributed by atoms with Crippen molar-refractivity contribution in [1.29, 1.82) is 0 Å². The van der Waals surface area contributed by atoms with Crippen LogP contribution in [0.15, 0.2) is 24.3 Å². The van der Waals surface area contributed by atoms with E-state index in [1.807, 2.05) is 24.3 Å². The summed E-state index contributed by atoms with van der Waals surface area (Å²) in [7, 11) is 0. The predicted octanol–water partition coefficient (Wildman–Crippen LogP) is 2.72. The maximum Gasteiger partial charge on any atom is 0.233 e. The van der Waals surface area contributed by atoms with E-state index >= 15 is 0 Å². The molecule has 1 saturated carbocycles. The van der Waals surface area contributed by atoms with Crippen molar-refractivity contribution >= 4 is 17.5 Å². The lowest BCUT2D eigenvalue weighted by atomic mass is 9.93. The van der Waals surface area contributed by atoms with Gasteiger partial charge in [0.1, 0.15) is 0 Å². The van der Waals surface area contributed by atoms with Crippen molar-refractivity contribution in [3.05, 3.63) is 34.9 Å². The Labute approximate surface area is 130 Å². The molecule has 1 N–H and O–H groups in total. The number of hydrogen-bond donors (Lipinski definition) is 1. The standard InChI is InChI=1S/C17H21ClN2O/c18-13-3-1-12(2-4-13)17(8-9-17)16(21)20-14-5-6-15(20)11-19-10-7-14/h1-4,14-15,19H,5-11H2. The van der Waals surface area contributed by atoms with Crippen LogP contribution < -0.4 is 5.32 Å². The van der Waals surface area contributed by atoms with E-state index in [2.05, 4.69) is 10.2 Å². The number of benzene rings is 1. The first-order chi connectivity index (χ1) is 10.2. The van der Waals surface area contributed by atoms with Gasteiger partial charge < -0.3 is 10.2 Å². The van der Waals surface area contributed by atoms with Gasteiger partial charge in [0.05, 0.1) is 5.41 Å². The van der Waals surface area contributed by atoms with Gasteiger partial charge in [-0.15, -0.1) is 0 Å². The summed E-state index contributed by atoms with van der Waals surface area (Å²) in [6.07, 6.45) is 5.39. The molecule has 2 unspecified atom stereocenters. The van der Waals surface area contributed by atoms with E-state index in [-0.39, 0.29) is 5.41 Å². The second kappa shape index (κ2) is 4.99. The zero-order chi connectivity index (χ0) is 14.4. The lowest BCUT2D eigenvalue weighted by molar-refractivity contribution is -0.136. The Morgan fingerprint density at radius 2 is 1.86 bits per heavy atom. The van der Waals surface area contributed by atoms with Crippen molar-refractivity contribution in [1.82, 2.24) is 10.2 Å². The Balaban J connectivity index is 1.63. The summed E-state index contributed by atoms with van der Waals surface area (Å²) in [5.41, 5.74) is 0.893. The van der Waals surface area contributed by atoms with Crippen LogP contribution in [0.2, 0.25) is 5.02 Å². The molecular formula is C17H21ClN2O. The Morgan fingerprint density at radius 1 is 1.14 bits per heavy atom. The quantitative estimate of drug-likeness (QED) is 0.911. The molecule has 1 aromatic rings. The molecule has 1 amide bonds. The SMILES string of the molecule is O=C(N1C2CCNCC1CC2)C1(c2ccc(Cl)cc2)CC1. The van der Waals surface area contributed by atoms with Crippen LogP contribution in [0.1, 0.15) is 37.7 Å². The topological polar surface area (TPSA) is 32.3 Å². The molecule has 4 heteroatoms. The summed E-state index contributed by atoms with van der Waals surface area (Å²) in [6, 6.07) is 8.72. The summed E-state index contributed by atoms with van der Waals surface area (Å²) in [6.45, 7) is 2.00. The summed E-state index contributed by atoms with van der Waals surface area (Å²) in [5, 5.41) is 4.21. The number of halogens is 1. The molecule has 2 atom stereocenters. The van der Waals surface area contributed by atoms with Gasteiger partial charge in [0.25, 0.3) is 0 Å². The number of nitrogens with zero attached hydrogens (tertiary/aromatic N) is 1. The second-order valence-electron chi connectivity index (χ2n) is 6.68. The molecule has 0 spiro atoms. The van der Waals surface area contributed by atoms with Crippen molar-refractivity contribution in [2.75, 3.05) is 13.1 Å². The molecule has 21 heavy (non-hydrogen) atoms. The van der Waals surface area contributed by atoms with Crippen LogP contribution in [0, 0.1) is 0 Å². The number of fused-ring (bicyclic) bond motifs is 2. The highest BCUT2D eigenvalue weighted by Crippen LogP contribution is 2.51. The molecule has 2 aliphatic heterocycles. The third-order valence-electron chi connectivity index (χ3n) is 5.44. The zero-order valence-electron chi connectivity index (χ0n) is 12.1. The fourth-order valence-corrected chi connectivity index (χ4v) is 4.21. The van der Waals surface area contributed by atoms with E-state index < -0.39 is 0 Å².